The zero-order valence-corrected chi connectivity index (χ0v) is 42.3. The average Bonchev–Trinajstić information content (AvgIpc) is 3.61. The summed E-state index contributed by atoms with van der Waals surface area (Å²) >= 11 is 13.0. The molecule has 4 heterocycles. The van der Waals surface area contributed by atoms with E-state index in [9.17, 15) is 0 Å². The topological polar surface area (TPSA) is 156 Å². The van der Waals surface area contributed by atoms with Crippen LogP contribution in [0.1, 0.15) is 142 Å². The van der Waals surface area contributed by atoms with Gasteiger partial charge in [0, 0.05) is 6.61 Å². The number of halogens is 2. The molecule has 17 heteroatoms. The summed E-state index contributed by atoms with van der Waals surface area (Å²) in [6.45, 7) is 8.48. The molecule has 1 saturated carbocycles. The molecule has 3 aliphatic rings. The van der Waals surface area contributed by atoms with E-state index in [4.69, 9.17) is 70.9 Å². The lowest BCUT2D eigenvalue weighted by Crippen LogP contribution is -2.45. The maximum Gasteiger partial charge on any atom is 0.530 e. The molecule has 4 aromatic rings. The lowest BCUT2D eigenvalue weighted by molar-refractivity contribution is -0.196. The van der Waals surface area contributed by atoms with Gasteiger partial charge in [0.05, 0.1) is 42.7 Å². The highest BCUT2D eigenvalue weighted by molar-refractivity contribution is 7.49. The van der Waals surface area contributed by atoms with Crippen LogP contribution in [0.25, 0.3) is 5.52 Å². The first kappa shape index (κ1) is 51.8. The van der Waals surface area contributed by atoms with Gasteiger partial charge < -0.3 is 38.7 Å². The fourth-order valence-corrected chi connectivity index (χ4v) is 11.4. The Hall–Kier alpha value is -3.01. The number of nitrogens with zero attached hydrogens (tertiary/aromatic N) is 3. The Kier molecular flexibility index (Phi) is 18.4. The molecule has 370 valence electrons. The van der Waals surface area contributed by atoms with Gasteiger partial charge in [-0.05, 0) is 69.2 Å². The Morgan fingerprint density at radius 3 is 2.15 bits per heavy atom. The molecule has 2 saturated heterocycles. The number of aromatic nitrogens is 3. The Labute approximate surface area is 406 Å². The molecule has 0 amide bonds. The number of phosphoric ester groups is 1. The Morgan fingerprint density at radius 2 is 1.49 bits per heavy atom. The van der Waals surface area contributed by atoms with Gasteiger partial charge >= 0.3 is 7.82 Å². The van der Waals surface area contributed by atoms with E-state index in [-0.39, 0.29) is 30.6 Å². The number of para-hydroxylation sites is 1. The SMILES string of the molecule is CCCCCCCCCCCCCCCCCCOC[C@H](COP(=O)(Oc1ccccc1Cl)OC1[C@H]2O[C@@](C)(c3ccc4c(N)ncnn34)[C@@H]3OC(C)(C)O[C@]123)OCc1ccc(OC)c(Cl)c1. The van der Waals surface area contributed by atoms with Gasteiger partial charge in [0.1, 0.15) is 53.4 Å². The molecule has 2 N–H and O–H groups in total. The number of methoxy groups -OCH3 is 1. The second-order valence-electron chi connectivity index (χ2n) is 18.7. The highest BCUT2D eigenvalue weighted by atomic mass is 35.5. The summed E-state index contributed by atoms with van der Waals surface area (Å²) in [5.41, 5.74) is 6.04. The van der Waals surface area contributed by atoms with Gasteiger partial charge in [0.15, 0.2) is 17.2 Å². The van der Waals surface area contributed by atoms with E-state index in [2.05, 4.69) is 17.0 Å². The van der Waals surface area contributed by atoms with Crippen molar-refractivity contribution < 1.29 is 46.6 Å². The molecule has 67 heavy (non-hydrogen) atoms. The molecule has 2 aromatic heterocycles. The van der Waals surface area contributed by atoms with E-state index in [0.29, 0.717) is 34.4 Å². The summed E-state index contributed by atoms with van der Waals surface area (Å²) in [5, 5.41) is 5.13. The van der Waals surface area contributed by atoms with Crippen LogP contribution in [0.2, 0.25) is 10.0 Å². The smallest absolute Gasteiger partial charge is 0.495 e. The number of anilines is 1. The third-order valence-electron chi connectivity index (χ3n) is 13.0. The summed E-state index contributed by atoms with van der Waals surface area (Å²) in [6, 6.07) is 15.8. The second-order valence-corrected chi connectivity index (χ2v) is 21.1. The molecule has 7 atom stereocenters. The van der Waals surface area contributed by atoms with Gasteiger partial charge in [-0.15, -0.1) is 0 Å². The van der Waals surface area contributed by atoms with E-state index in [1.807, 2.05) is 39.0 Å². The molecular weight excluding hydrogens is 918 g/mol. The van der Waals surface area contributed by atoms with Crippen molar-refractivity contribution in [3.8, 4) is 11.5 Å². The summed E-state index contributed by atoms with van der Waals surface area (Å²) in [7, 11) is -2.96. The van der Waals surface area contributed by atoms with E-state index >= 15 is 4.57 Å². The third kappa shape index (κ3) is 12.9. The third-order valence-corrected chi connectivity index (χ3v) is 15.0. The van der Waals surface area contributed by atoms with Crippen LogP contribution in [0.5, 0.6) is 11.5 Å². The molecule has 0 bridgehead atoms. The van der Waals surface area contributed by atoms with Crippen LogP contribution in [-0.2, 0) is 49.5 Å². The molecular formula is C50H71Cl2N4O10P. The minimum Gasteiger partial charge on any atom is -0.495 e. The van der Waals surface area contributed by atoms with Crippen LogP contribution >= 0.6 is 31.0 Å². The summed E-state index contributed by atoms with van der Waals surface area (Å²) in [5.74, 6) is -0.0553. The van der Waals surface area contributed by atoms with E-state index in [1.165, 1.54) is 96.2 Å². The molecule has 0 radical (unpaired) electrons. The van der Waals surface area contributed by atoms with Crippen molar-refractivity contribution in [2.75, 3.05) is 32.7 Å². The van der Waals surface area contributed by atoms with Gasteiger partial charge in [0.25, 0.3) is 0 Å². The molecule has 2 unspecified atom stereocenters. The first-order valence-corrected chi connectivity index (χ1v) is 26.6. The molecule has 3 fully saturated rings. The second kappa shape index (κ2) is 23.7. The van der Waals surface area contributed by atoms with Gasteiger partial charge in [-0.3, -0.25) is 9.05 Å². The lowest BCUT2D eigenvalue weighted by Gasteiger charge is -2.33. The fourth-order valence-electron chi connectivity index (χ4n) is 9.46. The minimum atomic E-state index is -4.52. The van der Waals surface area contributed by atoms with E-state index < -0.39 is 49.2 Å². The molecule has 14 nitrogen and oxygen atoms in total. The number of hydrogen-bond donors (Lipinski definition) is 1. The van der Waals surface area contributed by atoms with Crippen LogP contribution < -0.4 is 15.0 Å². The minimum absolute atomic E-state index is 0.115. The highest BCUT2D eigenvalue weighted by Crippen LogP contribution is 2.70. The standard InChI is InChI=1S/C50H71Cl2N4O10P/c1-6-7-8-9-10-11-12-13-14-15-16-17-18-19-20-23-30-59-33-37(60-32-36-26-28-41(58-5)39(52)31-36)34-61-67(57,64-42-25-22-21-24-38(42)51)65-45-44-50(45)47(63-48(2,3)66-50)49(4,62-44)43-29-27-40-46(53)54-35-55-56(40)43/h21-22,24-29,31,35,37,44-45,47H,6-20,23,30,32-34H2,1-5H3,(H2,53,54,55)/t37-,44-,45?,47+,49+,50+,67?/m1/s1. The number of unbranched alkanes of at least 4 members (excludes halogenated alkanes) is 15. The van der Waals surface area contributed by atoms with Gasteiger partial charge in [0.2, 0.25) is 0 Å². The van der Waals surface area contributed by atoms with Crippen molar-refractivity contribution in [1.29, 1.82) is 0 Å². The zero-order chi connectivity index (χ0) is 47.5. The number of hydrogen-bond acceptors (Lipinski definition) is 13. The quantitative estimate of drug-likeness (QED) is 0.0376. The highest BCUT2D eigenvalue weighted by Gasteiger charge is 2.88. The summed E-state index contributed by atoms with van der Waals surface area (Å²) in [6.07, 6.45) is 19.0. The number of benzene rings is 2. The maximum atomic E-state index is 15.1. The number of fused-ring (bicyclic) bond motifs is 1. The van der Waals surface area contributed by atoms with Crippen LogP contribution in [0, 0.1) is 0 Å². The summed E-state index contributed by atoms with van der Waals surface area (Å²) < 4.78 is 73.3. The van der Waals surface area contributed by atoms with Crippen molar-refractivity contribution in [3.63, 3.8) is 0 Å². The average molecular weight is 990 g/mol. The molecule has 1 spiro atoms. The van der Waals surface area contributed by atoms with Gasteiger partial charge in [-0.1, -0.05) is 145 Å². The van der Waals surface area contributed by atoms with Crippen molar-refractivity contribution in [1.82, 2.24) is 14.6 Å². The van der Waals surface area contributed by atoms with Crippen molar-refractivity contribution in [3.05, 3.63) is 82.2 Å². The van der Waals surface area contributed by atoms with Crippen molar-refractivity contribution in [2.45, 2.75) is 178 Å². The first-order valence-electron chi connectivity index (χ1n) is 24.4. The van der Waals surface area contributed by atoms with Crippen molar-refractivity contribution >= 4 is 42.4 Å². The van der Waals surface area contributed by atoms with Crippen molar-refractivity contribution in [2.24, 2.45) is 0 Å². The van der Waals surface area contributed by atoms with Crippen LogP contribution in [0.15, 0.2) is 60.9 Å². The largest absolute Gasteiger partial charge is 0.530 e. The van der Waals surface area contributed by atoms with Gasteiger partial charge in [-0.25, -0.2) is 14.1 Å². The molecule has 1 aliphatic carbocycles. The number of nitrogen functional groups attached to an aromatic ring is 1. The Bertz CT molecular complexity index is 2250. The number of rotatable bonds is 31. The number of ether oxygens (including phenoxy) is 6. The predicted octanol–water partition coefficient (Wildman–Crippen LogP) is 12.6. The molecule has 2 aliphatic heterocycles. The van der Waals surface area contributed by atoms with Crippen LogP contribution in [0.3, 0.4) is 0 Å². The molecule has 7 rings (SSSR count). The van der Waals surface area contributed by atoms with Gasteiger partial charge in [-0.2, -0.15) is 5.10 Å². The number of nitrogens with two attached hydrogens (primary N) is 1. The normalized spacial score (nSPS) is 24.1. The van der Waals surface area contributed by atoms with Crippen LogP contribution in [0.4, 0.5) is 5.82 Å². The maximum absolute atomic E-state index is 15.1. The summed E-state index contributed by atoms with van der Waals surface area (Å²) in [4.78, 5) is 4.13. The molecule has 2 aromatic carbocycles. The van der Waals surface area contributed by atoms with E-state index in [1.54, 1.807) is 48.0 Å². The monoisotopic (exact) mass is 988 g/mol. The number of phosphoric acid groups is 1. The fraction of sp³-hybridized carbons (Fsp3) is 0.640. The first-order chi connectivity index (χ1) is 32.3. The Morgan fingerprint density at radius 1 is 0.821 bits per heavy atom. The lowest BCUT2D eigenvalue weighted by atomic mass is 9.91. The Balaban J connectivity index is 0.960. The van der Waals surface area contributed by atoms with E-state index in [0.717, 1.165) is 18.4 Å². The predicted molar refractivity (Wildman–Crippen MR) is 260 cm³/mol. The van der Waals surface area contributed by atoms with Crippen LogP contribution in [-0.4, -0.2) is 77.3 Å². The zero-order valence-electron chi connectivity index (χ0n) is 39.9.